The van der Waals surface area contributed by atoms with Crippen molar-refractivity contribution in [2.24, 2.45) is 0 Å². The van der Waals surface area contributed by atoms with E-state index < -0.39 is 0 Å². The Kier molecular flexibility index (Phi) is 4.89. The smallest absolute Gasteiger partial charge is 0.228 e. The second kappa shape index (κ2) is 7.25. The maximum Gasteiger partial charge on any atom is 0.228 e. The fraction of sp³-hybridized carbons (Fsp3) is 0.316. The van der Waals surface area contributed by atoms with E-state index in [1.807, 2.05) is 50.2 Å². The molecule has 0 fully saturated rings. The Balaban J connectivity index is 1.59. The number of carbonyl (C=O) groups is 1. The van der Waals surface area contributed by atoms with Crippen LogP contribution >= 0.6 is 0 Å². The zero-order valence-electron chi connectivity index (χ0n) is 13.9. The minimum Gasteiger partial charge on any atom is -0.491 e. The molecule has 0 aromatic heterocycles. The highest BCUT2D eigenvalue weighted by Crippen LogP contribution is 2.32. The number of fused-ring (bicyclic) bond motifs is 1. The van der Waals surface area contributed by atoms with Crippen molar-refractivity contribution in [3.8, 4) is 17.2 Å². The minimum atomic E-state index is -0.0794. The van der Waals surface area contributed by atoms with Crippen molar-refractivity contribution in [3.63, 3.8) is 0 Å². The van der Waals surface area contributed by atoms with Gasteiger partial charge in [0, 0.05) is 11.8 Å². The Labute approximate surface area is 141 Å². The average molecular weight is 327 g/mol. The molecule has 0 unspecified atom stereocenters. The first-order valence-corrected chi connectivity index (χ1v) is 8.05. The van der Waals surface area contributed by atoms with Gasteiger partial charge in [-0.2, -0.15) is 0 Å². The van der Waals surface area contributed by atoms with Crippen LogP contribution in [-0.2, 0) is 11.2 Å². The van der Waals surface area contributed by atoms with Crippen LogP contribution in [0.25, 0.3) is 0 Å². The lowest BCUT2D eigenvalue weighted by molar-refractivity contribution is -0.115. The second-order valence-corrected chi connectivity index (χ2v) is 5.89. The first-order valence-electron chi connectivity index (χ1n) is 8.05. The Morgan fingerprint density at radius 3 is 2.50 bits per heavy atom. The van der Waals surface area contributed by atoms with Gasteiger partial charge in [0.1, 0.15) is 19.0 Å². The van der Waals surface area contributed by atoms with E-state index in [-0.39, 0.29) is 12.0 Å². The highest BCUT2D eigenvalue weighted by molar-refractivity contribution is 5.92. The zero-order chi connectivity index (χ0) is 16.9. The molecule has 0 bridgehead atoms. The van der Waals surface area contributed by atoms with E-state index in [9.17, 15) is 4.79 Å². The van der Waals surface area contributed by atoms with Crippen molar-refractivity contribution in [1.82, 2.24) is 0 Å². The number of benzene rings is 2. The van der Waals surface area contributed by atoms with Crippen LogP contribution in [0.15, 0.2) is 42.5 Å². The number of nitrogens with one attached hydrogen (secondary N) is 1. The summed E-state index contributed by atoms with van der Waals surface area (Å²) in [6.07, 6.45) is 0.436. The molecule has 5 nitrogen and oxygen atoms in total. The molecule has 0 saturated carbocycles. The molecule has 0 saturated heterocycles. The molecule has 1 heterocycles. The van der Waals surface area contributed by atoms with Crippen molar-refractivity contribution in [2.45, 2.75) is 26.4 Å². The van der Waals surface area contributed by atoms with Gasteiger partial charge in [0.05, 0.1) is 12.5 Å². The van der Waals surface area contributed by atoms with Gasteiger partial charge in [-0.15, -0.1) is 0 Å². The summed E-state index contributed by atoms with van der Waals surface area (Å²) in [6, 6.07) is 13.0. The van der Waals surface area contributed by atoms with Crippen LogP contribution < -0.4 is 19.5 Å². The molecule has 1 amide bonds. The molecule has 126 valence electrons. The Morgan fingerprint density at radius 2 is 1.79 bits per heavy atom. The molecule has 0 radical (unpaired) electrons. The Morgan fingerprint density at radius 1 is 1.08 bits per heavy atom. The fourth-order valence-electron chi connectivity index (χ4n) is 2.47. The van der Waals surface area contributed by atoms with Crippen molar-refractivity contribution in [3.05, 3.63) is 48.0 Å². The summed E-state index contributed by atoms with van der Waals surface area (Å²) in [6.45, 7) is 5.04. The molecule has 0 aliphatic carbocycles. The highest BCUT2D eigenvalue weighted by atomic mass is 16.6. The molecule has 0 atom stereocenters. The number of hydrogen-bond acceptors (Lipinski definition) is 4. The number of hydrogen-bond donors (Lipinski definition) is 1. The van der Waals surface area contributed by atoms with Crippen LogP contribution in [-0.4, -0.2) is 25.2 Å². The highest BCUT2D eigenvalue weighted by Gasteiger charge is 2.13. The summed E-state index contributed by atoms with van der Waals surface area (Å²) in [5.41, 5.74) is 1.63. The molecule has 3 rings (SSSR count). The number of carbonyl (C=O) groups excluding carboxylic acids is 1. The predicted octanol–water partition coefficient (Wildman–Crippen LogP) is 3.43. The van der Waals surface area contributed by atoms with Crippen LogP contribution in [0.2, 0.25) is 0 Å². The second-order valence-electron chi connectivity index (χ2n) is 5.89. The van der Waals surface area contributed by atoms with Gasteiger partial charge in [-0.1, -0.05) is 12.1 Å². The van der Waals surface area contributed by atoms with Gasteiger partial charge in [0.15, 0.2) is 11.5 Å². The monoisotopic (exact) mass is 327 g/mol. The van der Waals surface area contributed by atoms with E-state index in [4.69, 9.17) is 14.2 Å². The van der Waals surface area contributed by atoms with Crippen LogP contribution in [0.4, 0.5) is 5.69 Å². The van der Waals surface area contributed by atoms with Gasteiger partial charge >= 0.3 is 0 Å². The van der Waals surface area contributed by atoms with Crippen LogP contribution in [0.3, 0.4) is 0 Å². The Bertz CT molecular complexity index is 710. The van der Waals surface area contributed by atoms with Gasteiger partial charge in [-0.25, -0.2) is 0 Å². The van der Waals surface area contributed by atoms with Gasteiger partial charge < -0.3 is 19.5 Å². The third-order valence-corrected chi connectivity index (χ3v) is 3.49. The molecule has 24 heavy (non-hydrogen) atoms. The summed E-state index contributed by atoms with van der Waals surface area (Å²) in [5, 5.41) is 2.88. The lowest BCUT2D eigenvalue weighted by atomic mass is 10.1. The van der Waals surface area contributed by atoms with Gasteiger partial charge in [0.25, 0.3) is 0 Å². The lowest BCUT2D eigenvalue weighted by Crippen LogP contribution is -2.17. The number of ether oxygens (including phenoxy) is 3. The SMILES string of the molecule is CC(C)Oc1ccc(CC(=O)Nc2ccc3c(c2)OCCO3)cc1. The van der Waals surface area contributed by atoms with Crippen LogP contribution in [0.1, 0.15) is 19.4 Å². The molecule has 1 aliphatic heterocycles. The summed E-state index contributed by atoms with van der Waals surface area (Å²) in [4.78, 5) is 12.2. The van der Waals surface area contributed by atoms with Crippen molar-refractivity contribution in [2.75, 3.05) is 18.5 Å². The molecule has 5 heteroatoms. The Hall–Kier alpha value is -2.69. The molecule has 2 aromatic carbocycles. The third kappa shape index (κ3) is 4.19. The van der Waals surface area contributed by atoms with E-state index in [2.05, 4.69) is 5.32 Å². The first-order chi connectivity index (χ1) is 11.6. The first kappa shape index (κ1) is 16.2. The van der Waals surface area contributed by atoms with Gasteiger partial charge in [0.2, 0.25) is 5.91 Å². The van der Waals surface area contributed by atoms with Gasteiger partial charge in [-0.3, -0.25) is 4.79 Å². The largest absolute Gasteiger partial charge is 0.491 e. The molecule has 0 spiro atoms. The fourth-order valence-corrected chi connectivity index (χ4v) is 2.47. The summed E-state index contributed by atoms with van der Waals surface area (Å²) >= 11 is 0. The zero-order valence-corrected chi connectivity index (χ0v) is 13.9. The summed E-state index contributed by atoms with van der Waals surface area (Å²) in [5.74, 6) is 2.10. The number of rotatable bonds is 5. The van der Waals surface area contributed by atoms with E-state index >= 15 is 0 Å². The summed E-state index contributed by atoms with van der Waals surface area (Å²) in [7, 11) is 0. The minimum absolute atomic E-state index is 0.0794. The van der Waals surface area contributed by atoms with E-state index in [0.717, 1.165) is 11.3 Å². The summed E-state index contributed by atoms with van der Waals surface area (Å²) < 4.78 is 16.6. The molecule has 2 aromatic rings. The molecular weight excluding hydrogens is 306 g/mol. The van der Waals surface area contributed by atoms with Crippen molar-refractivity contribution < 1.29 is 19.0 Å². The number of amides is 1. The van der Waals surface area contributed by atoms with Crippen LogP contribution in [0, 0.1) is 0 Å². The van der Waals surface area contributed by atoms with Crippen molar-refractivity contribution >= 4 is 11.6 Å². The van der Waals surface area contributed by atoms with E-state index in [0.29, 0.717) is 36.8 Å². The quantitative estimate of drug-likeness (QED) is 0.914. The molecular formula is C19H21NO4. The number of anilines is 1. The van der Waals surface area contributed by atoms with E-state index in [1.54, 1.807) is 6.07 Å². The molecule has 1 N–H and O–H groups in total. The maximum atomic E-state index is 12.2. The molecule has 1 aliphatic rings. The van der Waals surface area contributed by atoms with Gasteiger partial charge in [-0.05, 0) is 43.7 Å². The van der Waals surface area contributed by atoms with E-state index in [1.165, 1.54) is 0 Å². The van der Waals surface area contributed by atoms with Crippen LogP contribution in [0.5, 0.6) is 17.2 Å². The average Bonchev–Trinajstić information content (AvgIpc) is 2.56. The maximum absolute atomic E-state index is 12.2. The predicted molar refractivity (Wildman–Crippen MR) is 92.0 cm³/mol. The lowest BCUT2D eigenvalue weighted by Gasteiger charge is -2.19. The third-order valence-electron chi connectivity index (χ3n) is 3.49. The topological polar surface area (TPSA) is 56.8 Å². The van der Waals surface area contributed by atoms with Crippen molar-refractivity contribution in [1.29, 1.82) is 0 Å². The normalized spacial score (nSPS) is 12.8. The standard InChI is InChI=1S/C19H21NO4/c1-13(2)24-16-6-3-14(4-7-16)11-19(21)20-15-5-8-17-18(12-15)23-10-9-22-17/h3-8,12-13H,9-11H2,1-2H3,(H,20,21).